The van der Waals surface area contributed by atoms with Gasteiger partial charge >= 0.3 is 12.1 Å². The summed E-state index contributed by atoms with van der Waals surface area (Å²) in [7, 11) is 0. The Morgan fingerprint density at radius 3 is 2.16 bits per heavy atom. The minimum atomic E-state index is -1.31. The molecule has 3 saturated heterocycles. The largest absolute Gasteiger partial charge is 0.449 e. The van der Waals surface area contributed by atoms with Crippen LogP contribution < -0.4 is 14.7 Å². The SMILES string of the molecule is CCOC1C(=O)C(OC(=O)COC(=O)N2CCN(c3nc(N(CC)CC)nc(N(CC)CC)c3C(=O)c3ccccc3)CC2)C2CCCN2C1=O. The molecule has 3 aliphatic rings. The number of amides is 2. The van der Waals surface area contributed by atoms with Gasteiger partial charge in [0.05, 0.1) is 6.04 Å². The number of ketones is 2. The number of rotatable bonds is 14. The van der Waals surface area contributed by atoms with Gasteiger partial charge in [-0.2, -0.15) is 9.97 Å². The topological polar surface area (TPSA) is 155 Å². The van der Waals surface area contributed by atoms with Crippen LogP contribution in [-0.4, -0.2) is 140 Å². The maximum absolute atomic E-state index is 14.2. The molecule has 15 heteroatoms. The summed E-state index contributed by atoms with van der Waals surface area (Å²) in [5.74, 6) is -0.478. The molecule has 1 aromatic heterocycles. The first kappa shape index (κ1) is 37.5. The van der Waals surface area contributed by atoms with Gasteiger partial charge in [-0.3, -0.25) is 14.4 Å². The molecular formula is C36H49N7O8. The van der Waals surface area contributed by atoms with Crippen molar-refractivity contribution in [2.24, 2.45) is 0 Å². The standard InChI is InChI=1S/C36H49N7O8/c1-6-39(7-2)32-27(28(45)24-15-12-11-13-16-24)33(38-35(37-32)40(8-3)9-4)41-19-21-42(22-20-41)36(48)50-23-26(44)51-30-25-17-14-18-43(25)34(47)31(29(30)46)49-10-5/h11-13,15-16,25,30-31H,6-10,14,17-23H2,1-5H3. The Hall–Kier alpha value is -4.79. The van der Waals surface area contributed by atoms with Gasteiger partial charge < -0.3 is 38.7 Å². The number of piperidine rings is 1. The van der Waals surface area contributed by atoms with E-state index in [1.165, 1.54) is 9.80 Å². The second-order valence-corrected chi connectivity index (χ2v) is 12.5. The quantitative estimate of drug-likeness (QED) is 0.161. The van der Waals surface area contributed by atoms with Crippen molar-refractivity contribution in [2.45, 2.75) is 65.7 Å². The minimum absolute atomic E-state index is 0.155. The molecular weight excluding hydrogens is 658 g/mol. The maximum Gasteiger partial charge on any atom is 0.410 e. The van der Waals surface area contributed by atoms with Crippen LogP contribution in [0.3, 0.4) is 0 Å². The molecule has 4 heterocycles. The number of carbonyl (C=O) groups is 5. The first-order chi connectivity index (χ1) is 24.7. The number of ether oxygens (including phenoxy) is 3. The van der Waals surface area contributed by atoms with E-state index in [9.17, 15) is 24.0 Å². The smallest absolute Gasteiger partial charge is 0.410 e. The lowest BCUT2D eigenvalue weighted by Gasteiger charge is -2.38. The summed E-state index contributed by atoms with van der Waals surface area (Å²) in [5.41, 5.74) is 0.932. The van der Waals surface area contributed by atoms with Gasteiger partial charge in [0, 0.05) is 71.1 Å². The molecule has 3 aliphatic heterocycles. The Morgan fingerprint density at radius 1 is 0.863 bits per heavy atom. The van der Waals surface area contributed by atoms with Gasteiger partial charge in [0.2, 0.25) is 17.5 Å². The van der Waals surface area contributed by atoms with Crippen molar-refractivity contribution >= 4 is 47.1 Å². The van der Waals surface area contributed by atoms with Crippen LogP contribution in [0.25, 0.3) is 0 Å². The Labute approximate surface area is 298 Å². The molecule has 1 aromatic carbocycles. The average molecular weight is 708 g/mol. The number of anilines is 3. The molecule has 0 aliphatic carbocycles. The van der Waals surface area contributed by atoms with Gasteiger partial charge in [-0.05, 0) is 47.5 Å². The van der Waals surface area contributed by atoms with Crippen molar-refractivity contribution in [1.82, 2.24) is 19.8 Å². The van der Waals surface area contributed by atoms with E-state index in [1.807, 2.05) is 55.7 Å². The highest BCUT2D eigenvalue weighted by molar-refractivity contribution is 6.15. The summed E-state index contributed by atoms with van der Waals surface area (Å²) in [5, 5.41) is 0. The van der Waals surface area contributed by atoms with Gasteiger partial charge in [-0.15, -0.1) is 0 Å². The summed E-state index contributed by atoms with van der Waals surface area (Å²) < 4.78 is 16.2. The number of nitrogens with zero attached hydrogens (tertiary/aromatic N) is 7. The van der Waals surface area contributed by atoms with E-state index in [1.54, 1.807) is 19.1 Å². The molecule has 0 radical (unpaired) electrons. The van der Waals surface area contributed by atoms with Crippen LogP contribution in [0.2, 0.25) is 0 Å². The Morgan fingerprint density at radius 2 is 1.53 bits per heavy atom. The predicted octanol–water partition coefficient (Wildman–Crippen LogP) is 2.55. The molecule has 0 N–H and O–H groups in total. The van der Waals surface area contributed by atoms with E-state index >= 15 is 0 Å². The first-order valence-corrected chi connectivity index (χ1v) is 18.0. The Bertz CT molecular complexity index is 1570. The molecule has 0 saturated carbocycles. The zero-order chi connectivity index (χ0) is 36.7. The monoisotopic (exact) mass is 707 g/mol. The van der Waals surface area contributed by atoms with E-state index in [0.29, 0.717) is 87.4 Å². The molecule has 3 fully saturated rings. The third kappa shape index (κ3) is 7.92. The molecule has 3 unspecified atom stereocenters. The van der Waals surface area contributed by atoms with E-state index in [4.69, 9.17) is 24.2 Å². The van der Waals surface area contributed by atoms with Crippen LogP contribution in [0.1, 0.15) is 63.4 Å². The summed E-state index contributed by atoms with van der Waals surface area (Å²) in [6, 6.07) is 8.51. The number of hydrogen-bond acceptors (Lipinski definition) is 13. The number of aromatic nitrogens is 2. The number of piperazine rings is 1. The van der Waals surface area contributed by atoms with E-state index < -0.39 is 48.6 Å². The minimum Gasteiger partial charge on any atom is -0.449 e. The molecule has 0 spiro atoms. The van der Waals surface area contributed by atoms with Gasteiger partial charge in [0.25, 0.3) is 5.91 Å². The van der Waals surface area contributed by atoms with Gasteiger partial charge in [-0.1, -0.05) is 30.3 Å². The summed E-state index contributed by atoms with van der Waals surface area (Å²) in [6.45, 7) is 13.5. The molecule has 15 nitrogen and oxygen atoms in total. The lowest BCUT2D eigenvalue weighted by Crippen LogP contribution is -2.62. The highest BCUT2D eigenvalue weighted by Crippen LogP contribution is 2.33. The van der Waals surface area contributed by atoms with Gasteiger partial charge in [0.1, 0.15) is 17.2 Å². The van der Waals surface area contributed by atoms with Crippen molar-refractivity contribution in [1.29, 1.82) is 0 Å². The van der Waals surface area contributed by atoms with E-state index in [2.05, 4.69) is 4.90 Å². The normalized spacial score (nSPS) is 20.3. The lowest BCUT2D eigenvalue weighted by atomic mass is 9.95. The molecule has 0 bridgehead atoms. The first-order valence-electron chi connectivity index (χ1n) is 18.0. The molecule has 51 heavy (non-hydrogen) atoms. The number of carbonyl (C=O) groups excluding carboxylic acids is 5. The summed E-state index contributed by atoms with van der Waals surface area (Å²) >= 11 is 0. The molecule has 276 valence electrons. The second-order valence-electron chi connectivity index (χ2n) is 12.5. The van der Waals surface area contributed by atoms with Crippen LogP contribution in [0, 0.1) is 0 Å². The summed E-state index contributed by atoms with van der Waals surface area (Å²) in [4.78, 5) is 84.9. The third-order valence-electron chi connectivity index (χ3n) is 9.67. The molecule has 2 aromatic rings. The van der Waals surface area contributed by atoms with Crippen LogP contribution in [0.5, 0.6) is 0 Å². The van der Waals surface area contributed by atoms with Crippen molar-refractivity contribution in [3.8, 4) is 0 Å². The molecule has 2 amide bonds. The Kier molecular flexibility index (Phi) is 12.4. The van der Waals surface area contributed by atoms with Crippen molar-refractivity contribution in [2.75, 3.05) is 86.8 Å². The number of esters is 1. The van der Waals surface area contributed by atoms with Gasteiger partial charge in [0.15, 0.2) is 18.8 Å². The Balaban J connectivity index is 1.29. The fourth-order valence-corrected chi connectivity index (χ4v) is 6.93. The maximum atomic E-state index is 14.2. The zero-order valence-corrected chi connectivity index (χ0v) is 30.2. The number of Topliss-reactive ketones (excluding diaryl/α,β-unsaturated/α-hetero) is 1. The predicted molar refractivity (Wildman–Crippen MR) is 189 cm³/mol. The number of hydrogen-bond donors (Lipinski definition) is 0. The van der Waals surface area contributed by atoms with Crippen molar-refractivity contribution in [3.63, 3.8) is 0 Å². The van der Waals surface area contributed by atoms with Crippen LogP contribution in [-0.2, 0) is 28.6 Å². The van der Waals surface area contributed by atoms with Gasteiger partial charge in [-0.25, -0.2) is 9.59 Å². The summed E-state index contributed by atoms with van der Waals surface area (Å²) in [6.07, 6.45) is -1.99. The molecule has 3 atom stereocenters. The van der Waals surface area contributed by atoms with Crippen LogP contribution >= 0.6 is 0 Å². The average Bonchev–Trinajstić information content (AvgIpc) is 3.65. The van der Waals surface area contributed by atoms with Crippen molar-refractivity contribution in [3.05, 3.63) is 41.5 Å². The highest BCUT2D eigenvalue weighted by Gasteiger charge is 2.52. The fraction of sp³-hybridized carbons (Fsp3) is 0.583. The van der Waals surface area contributed by atoms with Crippen LogP contribution in [0.15, 0.2) is 30.3 Å². The third-order valence-corrected chi connectivity index (χ3v) is 9.67. The zero-order valence-electron chi connectivity index (χ0n) is 30.2. The number of fused-ring (bicyclic) bond motifs is 1. The highest BCUT2D eigenvalue weighted by atomic mass is 16.6. The van der Waals surface area contributed by atoms with Crippen LogP contribution in [0.4, 0.5) is 22.4 Å². The lowest BCUT2D eigenvalue weighted by molar-refractivity contribution is -0.178. The van der Waals surface area contributed by atoms with Crippen molar-refractivity contribution < 1.29 is 38.2 Å². The van der Waals surface area contributed by atoms with E-state index in [0.717, 1.165) is 0 Å². The second kappa shape index (κ2) is 16.9. The fourth-order valence-electron chi connectivity index (χ4n) is 6.93. The molecule has 5 rings (SSSR count). The number of benzene rings is 1. The van der Waals surface area contributed by atoms with E-state index in [-0.39, 0.29) is 25.5 Å².